The molecule has 0 unspecified atom stereocenters. The number of fused-ring (bicyclic) bond motifs is 1. The van der Waals surface area contributed by atoms with Crippen LogP contribution in [0.15, 0.2) is 21.3 Å². The van der Waals surface area contributed by atoms with E-state index in [0.29, 0.717) is 30.6 Å². The van der Waals surface area contributed by atoms with Gasteiger partial charge < -0.3 is 14.2 Å². The minimum atomic E-state index is -0.102. The summed E-state index contributed by atoms with van der Waals surface area (Å²) in [6.07, 6.45) is 2.35. The number of amides is 1. The number of piperidine rings is 1. The number of nitrogens with zero attached hydrogens (tertiary/aromatic N) is 3. The van der Waals surface area contributed by atoms with E-state index >= 15 is 0 Å². The number of carbonyl (C=O) groups excluding carboxylic acids is 1. The van der Waals surface area contributed by atoms with Gasteiger partial charge in [0.05, 0.1) is 12.5 Å². The van der Waals surface area contributed by atoms with E-state index in [-0.39, 0.29) is 18.1 Å². The zero-order chi connectivity index (χ0) is 15.8. The minimum absolute atomic E-state index is 0.0824. The van der Waals surface area contributed by atoms with Gasteiger partial charge in [0.15, 0.2) is 0 Å². The molecule has 2 aliphatic heterocycles. The lowest BCUT2D eigenvalue weighted by Crippen LogP contribution is -2.45. The third-order valence-corrected chi connectivity index (χ3v) is 5.40. The maximum atomic E-state index is 12.4. The van der Waals surface area contributed by atoms with Crippen molar-refractivity contribution in [1.82, 2.24) is 15.0 Å². The third-order valence-electron chi connectivity index (χ3n) is 4.67. The van der Waals surface area contributed by atoms with Crippen LogP contribution in [0.5, 0.6) is 0 Å². The second-order valence-electron chi connectivity index (χ2n) is 6.27. The van der Waals surface area contributed by atoms with E-state index in [9.17, 15) is 4.79 Å². The van der Waals surface area contributed by atoms with E-state index in [1.807, 2.05) is 21.7 Å². The van der Waals surface area contributed by atoms with Gasteiger partial charge in [-0.05, 0) is 41.1 Å². The summed E-state index contributed by atoms with van der Waals surface area (Å²) in [7, 11) is 0. The summed E-state index contributed by atoms with van der Waals surface area (Å²) in [5, 5.41) is 8.01. The Labute approximate surface area is 138 Å². The quantitative estimate of drug-likeness (QED) is 0.862. The lowest BCUT2D eigenvalue weighted by atomic mass is 9.91. The van der Waals surface area contributed by atoms with Gasteiger partial charge in [-0.2, -0.15) is 16.3 Å². The van der Waals surface area contributed by atoms with Gasteiger partial charge in [-0.15, -0.1) is 0 Å². The van der Waals surface area contributed by atoms with Crippen LogP contribution in [0.1, 0.15) is 36.2 Å². The van der Waals surface area contributed by atoms with Crippen LogP contribution in [0.25, 0.3) is 0 Å². The van der Waals surface area contributed by atoms with Crippen LogP contribution in [-0.2, 0) is 16.0 Å². The van der Waals surface area contributed by atoms with Crippen molar-refractivity contribution < 1.29 is 14.1 Å². The summed E-state index contributed by atoms with van der Waals surface area (Å²) in [6, 6.07) is 2.01. The third kappa shape index (κ3) is 3.03. The maximum Gasteiger partial charge on any atom is 0.227 e. The van der Waals surface area contributed by atoms with Gasteiger partial charge in [0.1, 0.15) is 6.10 Å². The fourth-order valence-electron chi connectivity index (χ4n) is 3.45. The van der Waals surface area contributed by atoms with Gasteiger partial charge in [-0.25, -0.2) is 0 Å². The number of likely N-dealkylation sites (tertiary alicyclic amines) is 1. The number of rotatable bonds is 3. The van der Waals surface area contributed by atoms with Gasteiger partial charge >= 0.3 is 0 Å². The Morgan fingerprint density at radius 2 is 2.43 bits per heavy atom. The minimum Gasteiger partial charge on any atom is -0.365 e. The van der Waals surface area contributed by atoms with Gasteiger partial charge in [-0.3, -0.25) is 4.79 Å². The Morgan fingerprint density at radius 3 is 3.17 bits per heavy atom. The Kier molecular flexibility index (Phi) is 3.90. The Hall–Kier alpha value is -1.73. The number of aryl methyl sites for hydroxylation is 1. The smallest absolute Gasteiger partial charge is 0.227 e. The van der Waals surface area contributed by atoms with Crippen molar-refractivity contribution in [2.45, 2.75) is 38.4 Å². The number of carbonyl (C=O) groups is 1. The molecule has 4 rings (SSSR count). The van der Waals surface area contributed by atoms with E-state index in [2.05, 4.69) is 10.1 Å². The number of aromatic nitrogens is 2. The highest BCUT2D eigenvalue weighted by atomic mass is 32.1. The summed E-state index contributed by atoms with van der Waals surface area (Å²) in [6.45, 7) is 3.26. The van der Waals surface area contributed by atoms with Crippen LogP contribution in [0.3, 0.4) is 0 Å². The molecule has 2 aliphatic rings. The summed E-state index contributed by atoms with van der Waals surface area (Å²) in [4.78, 5) is 18.6. The van der Waals surface area contributed by atoms with Crippen LogP contribution in [0.2, 0.25) is 0 Å². The molecule has 2 fully saturated rings. The molecule has 2 saturated heterocycles. The van der Waals surface area contributed by atoms with Crippen molar-refractivity contribution in [1.29, 1.82) is 0 Å². The standard InChI is InChI=1S/C16H19N3O3S/c1-10-17-16(18-22-10)13-7-12-2-4-19(8-14(12)21-13)15(20)6-11-3-5-23-9-11/h3,5,9,12-14H,2,4,6-8H2,1H3/t12-,13+,14+/m1/s1. The Morgan fingerprint density at radius 1 is 1.52 bits per heavy atom. The number of thiophene rings is 1. The molecule has 0 aliphatic carbocycles. The molecule has 0 saturated carbocycles. The summed E-state index contributed by atoms with van der Waals surface area (Å²) in [5.74, 6) is 1.85. The molecule has 3 atom stereocenters. The molecule has 4 heterocycles. The SMILES string of the molecule is Cc1nc([C@@H]2C[C@H]3CCN(C(=O)Cc4ccsc4)C[C@@H]3O2)no1. The zero-order valence-corrected chi connectivity index (χ0v) is 13.8. The summed E-state index contributed by atoms with van der Waals surface area (Å²) in [5.41, 5.74) is 1.09. The molecule has 122 valence electrons. The highest BCUT2D eigenvalue weighted by molar-refractivity contribution is 7.07. The predicted molar refractivity (Wildman–Crippen MR) is 84.0 cm³/mol. The fourth-order valence-corrected chi connectivity index (χ4v) is 4.12. The van der Waals surface area contributed by atoms with Crippen molar-refractivity contribution in [2.24, 2.45) is 5.92 Å². The lowest BCUT2D eigenvalue weighted by Gasteiger charge is -2.34. The molecule has 0 N–H and O–H groups in total. The van der Waals surface area contributed by atoms with E-state index in [4.69, 9.17) is 9.26 Å². The number of ether oxygens (including phenoxy) is 1. The van der Waals surface area contributed by atoms with Crippen LogP contribution < -0.4 is 0 Å². The van der Waals surface area contributed by atoms with E-state index in [1.165, 1.54) is 0 Å². The maximum absolute atomic E-state index is 12.4. The molecule has 1 amide bonds. The molecular weight excluding hydrogens is 314 g/mol. The van der Waals surface area contributed by atoms with Crippen LogP contribution in [0.4, 0.5) is 0 Å². The lowest BCUT2D eigenvalue weighted by molar-refractivity contribution is -0.135. The van der Waals surface area contributed by atoms with E-state index in [1.54, 1.807) is 18.3 Å². The van der Waals surface area contributed by atoms with Crippen LogP contribution >= 0.6 is 11.3 Å². The van der Waals surface area contributed by atoms with Gasteiger partial charge in [0.25, 0.3) is 0 Å². The van der Waals surface area contributed by atoms with E-state index in [0.717, 1.165) is 24.9 Å². The zero-order valence-electron chi connectivity index (χ0n) is 13.0. The molecule has 0 bridgehead atoms. The van der Waals surface area contributed by atoms with Gasteiger partial charge in [0.2, 0.25) is 17.6 Å². The van der Waals surface area contributed by atoms with Crippen molar-refractivity contribution in [3.63, 3.8) is 0 Å². The first-order chi connectivity index (χ1) is 11.2. The predicted octanol–water partition coefficient (Wildman–Crippen LogP) is 2.36. The second kappa shape index (κ2) is 6.05. The molecule has 0 radical (unpaired) electrons. The average molecular weight is 333 g/mol. The fraction of sp³-hybridized carbons (Fsp3) is 0.562. The van der Waals surface area contributed by atoms with E-state index < -0.39 is 0 Å². The highest BCUT2D eigenvalue weighted by Gasteiger charge is 2.42. The molecular formula is C16H19N3O3S. The molecule has 2 aromatic heterocycles. The molecule has 0 spiro atoms. The highest BCUT2D eigenvalue weighted by Crippen LogP contribution is 2.40. The molecule has 23 heavy (non-hydrogen) atoms. The van der Waals surface area contributed by atoms with Gasteiger partial charge in [0, 0.05) is 20.0 Å². The Bertz CT molecular complexity index is 685. The first kappa shape index (κ1) is 14.8. The van der Waals surface area contributed by atoms with Crippen LogP contribution in [0, 0.1) is 12.8 Å². The molecule has 7 heteroatoms. The van der Waals surface area contributed by atoms with Crippen molar-refractivity contribution in [2.75, 3.05) is 13.1 Å². The van der Waals surface area contributed by atoms with Crippen molar-refractivity contribution in [3.8, 4) is 0 Å². The normalized spacial score (nSPS) is 27.2. The monoisotopic (exact) mass is 333 g/mol. The average Bonchev–Trinajstić information content (AvgIpc) is 3.25. The number of hydrogen-bond acceptors (Lipinski definition) is 6. The van der Waals surface area contributed by atoms with Crippen molar-refractivity contribution >= 4 is 17.2 Å². The summed E-state index contributed by atoms with van der Waals surface area (Å²) >= 11 is 1.63. The Balaban J connectivity index is 1.38. The molecule has 6 nitrogen and oxygen atoms in total. The van der Waals surface area contributed by atoms with Crippen molar-refractivity contribution in [3.05, 3.63) is 34.1 Å². The first-order valence-corrected chi connectivity index (χ1v) is 8.88. The van der Waals surface area contributed by atoms with Crippen LogP contribution in [-0.4, -0.2) is 40.1 Å². The molecule has 0 aromatic carbocycles. The topological polar surface area (TPSA) is 68.5 Å². The number of hydrogen-bond donors (Lipinski definition) is 0. The largest absolute Gasteiger partial charge is 0.365 e. The summed E-state index contributed by atoms with van der Waals surface area (Å²) < 4.78 is 11.1. The van der Waals surface area contributed by atoms with Gasteiger partial charge in [-0.1, -0.05) is 5.16 Å². The first-order valence-electron chi connectivity index (χ1n) is 7.93. The second-order valence-corrected chi connectivity index (χ2v) is 7.05. The molecule has 2 aromatic rings.